The molecule has 2 rings (SSSR count). The van der Waals surface area contributed by atoms with Gasteiger partial charge in [-0.2, -0.15) is 0 Å². The SMILES string of the molecule is CN(C)C1CCN(c2ncc(N)cc2N)C1. The van der Waals surface area contributed by atoms with Crippen molar-refractivity contribution in [1.82, 2.24) is 9.88 Å². The highest BCUT2D eigenvalue weighted by molar-refractivity contribution is 5.67. The molecule has 0 radical (unpaired) electrons. The Hall–Kier alpha value is -1.49. The van der Waals surface area contributed by atoms with E-state index in [1.807, 2.05) is 0 Å². The summed E-state index contributed by atoms with van der Waals surface area (Å²) in [4.78, 5) is 8.78. The first kappa shape index (κ1) is 11.0. The van der Waals surface area contributed by atoms with E-state index in [1.54, 1.807) is 12.3 Å². The number of pyridine rings is 1. The summed E-state index contributed by atoms with van der Waals surface area (Å²) in [7, 11) is 4.21. The number of aromatic nitrogens is 1. The van der Waals surface area contributed by atoms with Gasteiger partial charge in [-0.3, -0.25) is 0 Å². The molecule has 1 aliphatic rings. The number of hydrogen-bond donors (Lipinski definition) is 2. The van der Waals surface area contributed by atoms with E-state index in [1.165, 1.54) is 0 Å². The Bertz CT molecular complexity index is 377. The molecule has 0 aliphatic carbocycles. The molecule has 1 aromatic heterocycles. The molecule has 16 heavy (non-hydrogen) atoms. The summed E-state index contributed by atoms with van der Waals surface area (Å²) >= 11 is 0. The molecule has 0 amide bonds. The Morgan fingerprint density at radius 3 is 2.75 bits per heavy atom. The van der Waals surface area contributed by atoms with Crippen LogP contribution in [-0.2, 0) is 0 Å². The van der Waals surface area contributed by atoms with Crippen molar-refractivity contribution in [3.8, 4) is 0 Å². The molecule has 1 fully saturated rings. The second-order valence-corrected chi connectivity index (χ2v) is 4.53. The van der Waals surface area contributed by atoms with Crippen LogP contribution in [0.3, 0.4) is 0 Å². The second-order valence-electron chi connectivity index (χ2n) is 4.53. The van der Waals surface area contributed by atoms with Gasteiger partial charge in [0.15, 0.2) is 5.82 Å². The van der Waals surface area contributed by atoms with Crippen molar-refractivity contribution in [1.29, 1.82) is 0 Å². The lowest BCUT2D eigenvalue weighted by molar-refractivity contribution is 0.315. The summed E-state index contributed by atoms with van der Waals surface area (Å²) in [6, 6.07) is 2.35. The molecule has 1 aliphatic heterocycles. The molecule has 1 saturated heterocycles. The fourth-order valence-corrected chi connectivity index (χ4v) is 2.11. The van der Waals surface area contributed by atoms with E-state index in [0.717, 1.165) is 25.3 Å². The number of nitrogen functional groups attached to an aromatic ring is 2. The van der Waals surface area contributed by atoms with Crippen LogP contribution in [-0.4, -0.2) is 43.1 Å². The first-order chi connectivity index (χ1) is 7.58. The molecule has 88 valence electrons. The third-order valence-corrected chi connectivity index (χ3v) is 3.11. The minimum Gasteiger partial charge on any atom is -0.397 e. The average Bonchev–Trinajstić information content (AvgIpc) is 2.66. The highest BCUT2D eigenvalue weighted by atomic mass is 15.3. The molecule has 1 atom stereocenters. The molecule has 0 spiro atoms. The summed E-state index contributed by atoms with van der Waals surface area (Å²) < 4.78 is 0. The number of hydrogen-bond acceptors (Lipinski definition) is 5. The smallest absolute Gasteiger partial charge is 0.151 e. The maximum Gasteiger partial charge on any atom is 0.151 e. The topological polar surface area (TPSA) is 71.4 Å². The summed E-state index contributed by atoms with van der Waals surface area (Å²) in [6.45, 7) is 1.98. The molecular weight excluding hydrogens is 202 g/mol. The lowest BCUT2D eigenvalue weighted by atomic mass is 10.2. The first-order valence-corrected chi connectivity index (χ1v) is 5.50. The van der Waals surface area contributed by atoms with E-state index >= 15 is 0 Å². The van der Waals surface area contributed by atoms with Crippen LogP contribution in [0.5, 0.6) is 0 Å². The van der Waals surface area contributed by atoms with Crippen molar-refractivity contribution in [3.63, 3.8) is 0 Å². The first-order valence-electron chi connectivity index (χ1n) is 5.50. The zero-order valence-electron chi connectivity index (χ0n) is 9.85. The predicted molar refractivity (Wildman–Crippen MR) is 67.4 cm³/mol. The van der Waals surface area contributed by atoms with Crippen LogP contribution in [0.2, 0.25) is 0 Å². The van der Waals surface area contributed by atoms with Gasteiger partial charge in [-0.1, -0.05) is 0 Å². The van der Waals surface area contributed by atoms with Crippen LogP contribution in [0.15, 0.2) is 12.3 Å². The van der Waals surface area contributed by atoms with Gasteiger partial charge in [0.05, 0.1) is 17.6 Å². The van der Waals surface area contributed by atoms with Gasteiger partial charge in [0.25, 0.3) is 0 Å². The minimum absolute atomic E-state index is 0.582. The third kappa shape index (κ3) is 2.04. The minimum atomic E-state index is 0.582. The van der Waals surface area contributed by atoms with E-state index in [9.17, 15) is 0 Å². The normalized spacial score (nSPS) is 20.7. The van der Waals surface area contributed by atoms with E-state index in [-0.39, 0.29) is 0 Å². The lowest BCUT2D eigenvalue weighted by Crippen LogP contribution is -2.32. The molecule has 1 aromatic rings. The number of anilines is 3. The van der Waals surface area contributed by atoms with E-state index in [0.29, 0.717) is 17.4 Å². The molecule has 0 bridgehead atoms. The number of nitrogens with two attached hydrogens (primary N) is 2. The van der Waals surface area contributed by atoms with Gasteiger partial charge in [0, 0.05) is 19.1 Å². The van der Waals surface area contributed by atoms with Crippen LogP contribution in [0, 0.1) is 0 Å². The highest BCUT2D eigenvalue weighted by Crippen LogP contribution is 2.26. The summed E-state index contributed by atoms with van der Waals surface area (Å²) in [5, 5.41) is 0. The zero-order valence-corrected chi connectivity index (χ0v) is 9.85. The second kappa shape index (κ2) is 4.17. The van der Waals surface area contributed by atoms with Crippen molar-refractivity contribution in [2.75, 3.05) is 43.6 Å². The molecule has 0 aromatic carbocycles. The van der Waals surface area contributed by atoms with Crippen LogP contribution in [0.1, 0.15) is 6.42 Å². The average molecular weight is 221 g/mol. The Morgan fingerprint density at radius 2 is 2.19 bits per heavy atom. The summed E-state index contributed by atoms with van der Waals surface area (Å²) in [6.07, 6.45) is 2.81. The summed E-state index contributed by atoms with van der Waals surface area (Å²) in [5.74, 6) is 0.860. The van der Waals surface area contributed by atoms with E-state index < -0.39 is 0 Å². The fraction of sp³-hybridized carbons (Fsp3) is 0.545. The van der Waals surface area contributed by atoms with Crippen molar-refractivity contribution in [2.45, 2.75) is 12.5 Å². The van der Waals surface area contributed by atoms with Gasteiger partial charge in [-0.05, 0) is 26.6 Å². The molecule has 5 nitrogen and oxygen atoms in total. The number of likely N-dealkylation sites (N-methyl/N-ethyl adjacent to an activating group) is 1. The maximum atomic E-state index is 5.92. The highest BCUT2D eigenvalue weighted by Gasteiger charge is 2.25. The van der Waals surface area contributed by atoms with Crippen LogP contribution in [0.4, 0.5) is 17.2 Å². The monoisotopic (exact) mass is 221 g/mol. The van der Waals surface area contributed by atoms with Gasteiger partial charge in [-0.25, -0.2) is 4.98 Å². The maximum absolute atomic E-state index is 5.92. The van der Waals surface area contributed by atoms with Crippen molar-refractivity contribution in [2.24, 2.45) is 0 Å². The van der Waals surface area contributed by atoms with Crippen molar-refractivity contribution >= 4 is 17.2 Å². The predicted octanol–water partition coefficient (Wildman–Crippen LogP) is 0.386. The Balaban J connectivity index is 2.14. The lowest BCUT2D eigenvalue weighted by Gasteiger charge is -2.22. The quantitative estimate of drug-likeness (QED) is 0.755. The molecule has 0 saturated carbocycles. The summed E-state index contributed by atoms with van der Waals surface area (Å²) in [5.41, 5.74) is 12.8. The Morgan fingerprint density at radius 1 is 1.44 bits per heavy atom. The van der Waals surface area contributed by atoms with Crippen LogP contribution < -0.4 is 16.4 Å². The van der Waals surface area contributed by atoms with Gasteiger partial charge < -0.3 is 21.3 Å². The molecule has 2 heterocycles. The molecule has 1 unspecified atom stereocenters. The number of nitrogens with zero attached hydrogens (tertiary/aromatic N) is 3. The van der Waals surface area contributed by atoms with Gasteiger partial charge >= 0.3 is 0 Å². The van der Waals surface area contributed by atoms with Crippen molar-refractivity contribution in [3.05, 3.63) is 12.3 Å². The van der Waals surface area contributed by atoms with Crippen molar-refractivity contribution < 1.29 is 0 Å². The van der Waals surface area contributed by atoms with Crippen LogP contribution >= 0.6 is 0 Å². The fourth-order valence-electron chi connectivity index (χ4n) is 2.11. The van der Waals surface area contributed by atoms with E-state index in [4.69, 9.17) is 11.5 Å². The molecular formula is C11H19N5. The Labute approximate surface area is 96.0 Å². The largest absolute Gasteiger partial charge is 0.397 e. The Kier molecular flexibility index (Phi) is 2.87. The van der Waals surface area contributed by atoms with Crippen LogP contribution in [0.25, 0.3) is 0 Å². The number of rotatable bonds is 2. The third-order valence-electron chi connectivity index (χ3n) is 3.11. The standard InChI is InChI=1S/C11H19N5/c1-15(2)9-3-4-16(7-9)11-10(13)5-8(12)6-14-11/h5-6,9H,3-4,7,12-13H2,1-2H3. The molecule has 5 heteroatoms. The zero-order chi connectivity index (χ0) is 11.7. The van der Waals surface area contributed by atoms with E-state index in [2.05, 4.69) is 28.9 Å². The van der Waals surface area contributed by atoms with Gasteiger partial charge in [-0.15, -0.1) is 0 Å². The molecule has 4 N–H and O–H groups in total. The van der Waals surface area contributed by atoms with Gasteiger partial charge in [0.1, 0.15) is 0 Å². The van der Waals surface area contributed by atoms with Gasteiger partial charge in [0.2, 0.25) is 0 Å².